The van der Waals surface area contributed by atoms with Crippen LogP contribution in [0.5, 0.6) is 5.75 Å². The zero-order chi connectivity index (χ0) is 17.6. The fourth-order valence-corrected chi connectivity index (χ4v) is 2.99. The maximum Gasteiger partial charge on any atom is 0.251 e. The lowest BCUT2D eigenvalue weighted by atomic mass is 9.87. The largest absolute Gasteiger partial charge is 0.692 e. The molecule has 0 saturated heterocycles. The molecule has 126 valence electrons. The van der Waals surface area contributed by atoms with E-state index in [1.54, 1.807) is 24.3 Å². The molecule has 1 heterocycles. The summed E-state index contributed by atoms with van der Waals surface area (Å²) in [5, 5.41) is 28.1. The van der Waals surface area contributed by atoms with Crippen molar-refractivity contribution in [1.29, 1.82) is 0 Å². The van der Waals surface area contributed by atoms with Crippen molar-refractivity contribution >= 4 is 22.6 Å². The minimum absolute atomic E-state index is 0.0122. The highest BCUT2D eigenvalue weighted by molar-refractivity contribution is 6.31. The van der Waals surface area contributed by atoms with Crippen LogP contribution in [-0.4, -0.2) is 15.0 Å². The van der Waals surface area contributed by atoms with Crippen LogP contribution in [0.1, 0.15) is 31.9 Å². The quantitative estimate of drug-likeness (QED) is 0.565. The predicted octanol–water partition coefficient (Wildman–Crippen LogP) is 3.91. The first-order valence-corrected chi connectivity index (χ1v) is 8.14. The fraction of sp³-hybridized carbons (Fsp3) is 0.333. The number of hydrogen-bond donors (Lipinski definition) is 1. The third-order valence-electron chi connectivity index (χ3n) is 3.77. The van der Waals surface area contributed by atoms with Crippen molar-refractivity contribution in [3.63, 3.8) is 0 Å². The number of phenolic OH excluding ortho intramolecular Hbond substituents is 1. The first-order valence-electron chi connectivity index (χ1n) is 7.77. The van der Waals surface area contributed by atoms with Gasteiger partial charge in [-0.25, -0.2) is 0 Å². The molecule has 0 radical (unpaired) electrons. The molecule has 3 aromatic rings. The Labute approximate surface area is 145 Å². The van der Waals surface area contributed by atoms with Gasteiger partial charge in [-0.05, 0) is 52.9 Å². The summed E-state index contributed by atoms with van der Waals surface area (Å²) in [7, 11) is 0. The van der Waals surface area contributed by atoms with Gasteiger partial charge < -0.3 is 10.3 Å². The van der Waals surface area contributed by atoms with Gasteiger partial charge in [0.15, 0.2) is 5.69 Å². The summed E-state index contributed by atoms with van der Waals surface area (Å²) in [6.07, 6.45) is 0.693. The maximum atomic E-state index is 12.6. The van der Waals surface area contributed by atoms with Gasteiger partial charge >= 0.3 is 0 Å². The number of rotatable bonds is 2. The van der Waals surface area contributed by atoms with Gasteiger partial charge in [0.25, 0.3) is 5.52 Å². The van der Waals surface area contributed by atoms with Crippen molar-refractivity contribution in [2.75, 3.05) is 0 Å². The first-order chi connectivity index (χ1) is 11.2. The molecule has 1 N–H and O–H groups in total. The second-order valence-electron chi connectivity index (χ2n) is 7.32. The molecule has 0 amide bonds. The zero-order valence-corrected chi connectivity index (χ0v) is 14.9. The third-order valence-corrected chi connectivity index (χ3v) is 4.00. The number of aromatic hydroxyl groups is 1. The average Bonchev–Trinajstić information content (AvgIpc) is 2.77. The maximum absolute atomic E-state index is 12.6. The van der Waals surface area contributed by atoms with E-state index in [1.807, 2.05) is 13.0 Å². The lowest BCUT2D eigenvalue weighted by Crippen LogP contribution is -2.37. The van der Waals surface area contributed by atoms with Crippen LogP contribution >= 0.6 is 11.6 Å². The molecule has 0 fully saturated rings. The Hall–Kier alpha value is -2.27. The van der Waals surface area contributed by atoms with E-state index in [4.69, 9.17) is 11.6 Å². The van der Waals surface area contributed by atoms with Crippen molar-refractivity contribution in [3.8, 4) is 11.4 Å². The van der Waals surface area contributed by atoms with E-state index in [9.17, 15) is 10.3 Å². The highest BCUT2D eigenvalue weighted by Gasteiger charge is 2.23. The van der Waals surface area contributed by atoms with Crippen LogP contribution in [0.15, 0.2) is 30.3 Å². The highest BCUT2D eigenvalue weighted by Crippen LogP contribution is 2.32. The Balaban J connectivity index is 2.21. The molecular weight excluding hydrogens is 326 g/mol. The smallest absolute Gasteiger partial charge is 0.251 e. The van der Waals surface area contributed by atoms with E-state index in [0.717, 1.165) is 11.1 Å². The van der Waals surface area contributed by atoms with E-state index in [2.05, 4.69) is 25.9 Å². The number of nitrogens with zero attached hydrogens (tertiary/aromatic N) is 3. The monoisotopic (exact) mass is 345 g/mol. The molecule has 3 rings (SSSR count). The minimum atomic E-state index is 0.0122. The topological polar surface area (TPSA) is 65.0 Å². The zero-order valence-electron chi connectivity index (χ0n) is 14.2. The summed E-state index contributed by atoms with van der Waals surface area (Å²) in [5.41, 5.74) is 3.03. The standard InChI is InChI=1S/C18H20ClN3O2/c1-11-7-12(10-18(2,3)4)17(23)16(8-11)21-20-14-9-13(19)5-6-15(14)22(21)24/h5-9,23H,10H2,1-4H3. The van der Waals surface area contributed by atoms with E-state index in [-0.39, 0.29) is 11.2 Å². The molecule has 5 nitrogen and oxygen atoms in total. The SMILES string of the molecule is Cc1cc(CC(C)(C)C)c(O)c(-n2nc3cc(Cl)ccc3[n+]2[O-])c1. The Bertz CT molecular complexity index is 926. The summed E-state index contributed by atoms with van der Waals surface area (Å²) < 4.78 is 0. The Morgan fingerprint density at radius 1 is 1.25 bits per heavy atom. The summed E-state index contributed by atoms with van der Waals surface area (Å²) in [4.78, 5) is 1.84. The van der Waals surface area contributed by atoms with Crippen LogP contribution in [0.4, 0.5) is 0 Å². The van der Waals surface area contributed by atoms with Crippen molar-refractivity contribution in [2.45, 2.75) is 34.1 Å². The van der Waals surface area contributed by atoms with Gasteiger partial charge in [-0.3, -0.25) is 0 Å². The predicted molar refractivity (Wildman–Crippen MR) is 94.6 cm³/mol. The number of phenols is 1. The van der Waals surface area contributed by atoms with E-state index >= 15 is 0 Å². The lowest BCUT2D eigenvalue weighted by molar-refractivity contribution is -0.664. The fourth-order valence-electron chi connectivity index (χ4n) is 2.83. The molecule has 0 aliphatic heterocycles. The minimum Gasteiger partial charge on any atom is -0.692 e. The Morgan fingerprint density at radius 3 is 2.62 bits per heavy atom. The molecule has 0 unspecified atom stereocenters. The normalized spacial score (nSPS) is 12.0. The number of halogens is 1. The van der Waals surface area contributed by atoms with E-state index in [1.165, 1.54) is 4.80 Å². The van der Waals surface area contributed by atoms with E-state index < -0.39 is 0 Å². The Morgan fingerprint density at radius 2 is 1.96 bits per heavy atom. The summed E-state index contributed by atoms with van der Waals surface area (Å²) in [6, 6.07) is 8.59. The van der Waals surface area contributed by atoms with Crippen LogP contribution in [0, 0.1) is 17.5 Å². The third kappa shape index (κ3) is 3.04. The van der Waals surface area contributed by atoms with Crippen molar-refractivity contribution in [1.82, 2.24) is 9.90 Å². The first kappa shape index (κ1) is 16.6. The van der Waals surface area contributed by atoms with Crippen LogP contribution in [0.3, 0.4) is 0 Å². The van der Waals surface area contributed by atoms with Crippen molar-refractivity contribution < 1.29 is 9.95 Å². The van der Waals surface area contributed by atoms with Gasteiger partial charge in [0.2, 0.25) is 5.52 Å². The summed E-state index contributed by atoms with van der Waals surface area (Å²) >= 11 is 5.97. The number of aromatic nitrogens is 3. The Kier molecular flexibility index (Phi) is 3.92. The molecule has 0 spiro atoms. The van der Waals surface area contributed by atoms with Crippen LogP contribution in [0.2, 0.25) is 5.02 Å². The van der Waals surface area contributed by atoms with Crippen LogP contribution < -0.4 is 4.85 Å². The van der Waals surface area contributed by atoms with Gasteiger partial charge in [0.1, 0.15) is 5.75 Å². The van der Waals surface area contributed by atoms with Gasteiger partial charge in [-0.2, -0.15) is 0 Å². The number of aryl methyl sites for hydroxylation is 1. The van der Waals surface area contributed by atoms with Gasteiger partial charge in [0.05, 0.1) is 5.10 Å². The second-order valence-corrected chi connectivity index (χ2v) is 7.76. The van der Waals surface area contributed by atoms with Gasteiger partial charge in [0, 0.05) is 11.1 Å². The molecule has 6 heteroatoms. The molecule has 24 heavy (non-hydrogen) atoms. The number of fused-ring (bicyclic) bond motifs is 1. The summed E-state index contributed by atoms with van der Waals surface area (Å²) in [6.45, 7) is 8.25. The molecule has 2 aromatic carbocycles. The molecule has 0 atom stereocenters. The van der Waals surface area contributed by atoms with Crippen molar-refractivity contribution in [3.05, 3.63) is 51.7 Å². The molecule has 0 aliphatic carbocycles. The van der Waals surface area contributed by atoms with Crippen LogP contribution in [0.25, 0.3) is 16.7 Å². The second kappa shape index (κ2) is 5.67. The molecular formula is C18H20ClN3O2. The summed E-state index contributed by atoms with van der Waals surface area (Å²) in [5.74, 6) is 0.0824. The molecule has 0 saturated carbocycles. The molecule has 0 bridgehead atoms. The average molecular weight is 346 g/mol. The number of hydrogen-bond acceptors (Lipinski definition) is 3. The molecule has 1 aromatic heterocycles. The molecule has 0 aliphatic rings. The highest BCUT2D eigenvalue weighted by atomic mass is 35.5. The lowest BCUT2D eigenvalue weighted by Gasteiger charge is -2.20. The van der Waals surface area contributed by atoms with Gasteiger partial charge in [-0.15, -0.1) is 4.85 Å². The van der Waals surface area contributed by atoms with E-state index in [0.29, 0.717) is 33.0 Å². The van der Waals surface area contributed by atoms with Crippen molar-refractivity contribution in [2.24, 2.45) is 5.41 Å². The van der Waals surface area contributed by atoms with Crippen LogP contribution in [-0.2, 0) is 6.42 Å². The van der Waals surface area contributed by atoms with Gasteiger partial charge in [-0.1, -0.05) is 38.4 Å². The number of benzene rings is 2.